The van der Waals surface area contributed by atoms with Gasteiger partial charge in [0.2, 0.25) is 0 Å². The third-order valence-corrected chi connectivity index (χ3v) is 9.53. The first-order valence-corrected chi connectivity index (χ1v) is 16.4. The summed E-state index contributed by atoms with van der Waals surface area (Å²) in [4.78, 5) is 0. The van der Waals surface area contributed by atoms with Crippen molar-refractivity contribution in [2.45, 2.75) is 72.1 Å². The van der Waals surface area contributed by atoms with Crippen molar-refractivity contribution in [3.05, 3.63) is 95.6 Å². The Morgan fingerprint density at radius 1 is 0.532 bits per heavy atom. The summed E-state index contributed by atoms with van der Waals surface area (Å²) >= 11 is 0. The quantitative estimate of drug-likeness (QED) is 0.226. The highest BCUT2D eigenvalue weighted by Gasteiger charge is 2.26. The second-order valence-electron chi connectivity index (χ2n) is 15.2. The molecule has 47 heavy (non-hydrogen) atoms. The van der Waals surface area contributed by atoms with Gasteiger partial charge in [-0.3, -0.25) is 0 Å². The van der Waals surface area contributed by atoms with Gasteiger partial charge in [-0.05, 0) is 80.0 Å². The van der Waals surface area contributed by atoms with E-state index >= 15 is 0 Å². The van der Waals surface area contributed by atoms with E-state index in [1.54, 1.807) is 0 Å². The minimum Gasteiger partial charge on any atom is -0.309 e. The van der Waals surface area contributed by atoms with E-state index in [0.717, 1.165) is 33.1 Å². The summed E-state index contributed by atoms with van der Waals surface area (Å²) in [6.07, 6.45) is 0. The highest BCUT2D eigenvalue weighted by Crippen LogP contribution is 2.45. The Kier molecular flexibility index (Phi) is 8.27. The van der Waals surface area contributed by atoms with Gasteiger partial charge in [0.25, 0.3) is 0 Å². The lowest BCUT2D eigenvalue weighted by Gasteiger charge is -2.27. The van der Waals surface area contributed by atoms with Crippen LogP contribution in [0.3, 0.4) is 0 Å². The smallest absolute Gasteiger partial charge is 0.113 e. The Morgan fingerprint density at radius 2 is 1.06 bits per heavy atom. The van der Waals surface area contributed by atoms with E-state index in [2.05, 4.69) is 127 Å². The SMILES string of the molecule is [B]c1c([B])c([B])c(-c2cccc3c2c2c(C(C)C)c(-c4cc(C(C)(C)C)cc(C(C)(C)C)c4)ccc2n3-c2ccccc2)c([B])c1[B]. The van der Waals surface area contributed by atoms with Crippen molar-refractivity contribution in [2.24, 2.45) is 0 Å². The van der Waals surface area contributed by atoms with Crippen LogP contribution >= 0.6 is 0 Å². The summed E-state index contributed by atoms with van der Waals surface area (Å²) in [6, 6.07) is 28.4. The van der Waals surface area contributed by atoms with E-state index in [9.17, 15) is 0 Å². The Balaban J connectivity index is 1.84. The van der Waals surface area contributed by atoms with Gasteiger partial charge in [0.1, 0.15) is 39.2 Å². The van der Waals surface area contributed by atoms with Crippen molar-refractivity contribution < 1.29 is 0 Å². The lowest BCUT2D eigenvalue weighted by atomic mass is 9.59. The minimum atomic E-state index is -0.0152. The number of aromatic nitrogens is 1. The van der Waals surface area contributed by atoms with Crippen LogP contribution in [0.4, 0.5) is 0 Å². The summed E-state index contributed by atoms with van der Waals surface area (Å²) in [7, 11) is 32.5. The molecule has 0 aliphatic heterocycles. The van der Waals surface area contributed by atoms with Gasteiger partial charge in [-0.2, -0.15) is 0 Å². The second-order valence-corrected chi connectivity index (χ2v) is 15.2. The molecule has 0 N–H and O–H groups in total. The number of para-hydroxylation sites is 1. The normalized spacial score (nSPS) is 12.4. The summed E-state index contributed by atoms with van der Waals surface area (Å²) < 4.78 is 2.33. The molecule has 0 unspecified atom stereocenters. The third-order valence-electron chi connectivity index (χ3n) is 9.53. The minimum absolute atomic E-state index is 0.0152. The van der Waals surface area contributed by atoms with E-state index in [1.165, 1.54) is 27.8 Å². The topological polar surface area (TPSA) is 4.93 Å². The van der Waals surface area contributed by atoms with Crippen LogP contribution in [0.1, 0.15) is 78.0 Å². The number of nitrogens with zero attached hydrogens (tertiary/aromatic N) is 1. The van der Waals surface area contributed by atoms with E-state index in [0.29, 0.717) is 16.5 Å². The van der Waals surface area contributed by atoms with Gasteiger partial charge in [-0.1, -0.05) is 121 Å². The van der Waals surface area contributed by atoms with Gasteiger partial charge in [0.15, 0.2) is 0 Å². The van der Waals surface area contributed by atoms with Crippen LogP contribution in [0.15, 0.2) is 78.9 Å². The predicted octanol–water partition coefficient (Wildman–Crippen LogP) is 5.81. The molecule has 0 saturated carbocycles. The monoisotopic (exact) mass is 599 g/mol. The van der Waals surface area contributed by atoms with Crippen molar-refractivity contribution in [1.82, 2.24) is 4.57 Å². The van der Waals surface area contributed by atoms with Gasteiger partial charge in [0, 0.05) is 16.5 Å². The third kappa shape index (κ3) is 5.52. The van der Waals surface area contributed by atoms with E-state index in [-0.39, 0.29) is 33.1 Å². The number of hydrogen-bond acceptors (Lipinski definition) is 0. The van der Waals surface area contributed by atoms with Crippen LogP contribution in [0.25, 0.3) is 49.7 Å². The van der Waals surface area contributed by atoms with Crippen LogP contribution in [0, 0.1) is 0 Å². The molecular formula is C41H38B5N. The highest BCUT2D eigenvalue weighted by atomic mass is 15.0. The molecule has 6 heteroatoms. The average Bonchev–Trinajstić information content (AvgIpc) is 3.36. The first kappa shape index (κ1) is 33.1. The maximum absolute atomic E-state index is 6.72. The number of rotatable bonds is 4. The van der Waals surface area contributed by atoms with Gasteiger partial charge < -0.3 is 4.57 Å². The van der Waals surface area contributed by atoms with Crippen molar-refractivity contribution in [3.8, 4) is 27.9 Å². The molecule has 0 saturated heterocycles. The molecule has 0 atom stereocenters. The first-order valence-electron chi connectivity index (χ1n) is 16.4. The van der Waals surface area contributed by atoms with Crippen molar-refractivity contribution in [1.29, 1.82) is 0 Å². The molecule has 0 amide bonds. The first-order chi connectivity index (χ1) is 22.0. The van der Waals surface area contributed by atoms with Gasteiger partial charge in [-0.25, -0.2) is 0 Å². The van der Waals surface area contributed by atoms with Crippen LogP contribution in [-0.2, 0) is 10.8 Å². The van der Waals surface area contributed by atoms with Crippen LogP contribution < -0.4 is 27.3 Å². The number of benzene rings is 5. The van der Waals surface area contributed by atoms with E-state index in [4.69, 9.17) is 39.2 Å². The van der Waals surface area contributed by atoms with Crippen molar-refractivity contribution >= 4 is 88.4 Å². The van der Waals surface area contributed by atoms with Gasteiger partial charge in [-0.15, -0.1) is 16.4 Å². The molecule has 6 rings (SSSR count). The molecule has 0 aliphatic carbocycles. The van der Waals surface area contributed by atoms with E-state index in [1.807, 2.05) is 12.1 Å². The molecule has 1 aromatic heterocycles. The Morgan fingerprint density at radius 3 is 1.60 bits per heavy atom. The zero-order chi connectivity index (χ0) is 34.2. The van der Waals surface area contributed by atoms with Crippen LogP contribution in [0.5, 0.6) is 0 Å². The van der Waals surface area contributed by atoms with Crippen LogP contribution in [0.2, 0.25) is 0 Å². The Labute approximate surface area is 287 Å². The molecule has 1 heterocycles. The second kappa shape index (κ2) is 11.7. The maximum atomic E-state index is 6.72. The summed E-state index contributed by atoms with van der Waals surface area (Å²) in [6.45, 7) is 18.2. The Hall–Kier alpha value is -3.78. The maximum Gasteiger partial charge on any atom is 0.113 e. The standard InChI is InChI=1S/C41H38B5N/c1-22(2)31-27(23-19-24(40(3,4)5)21-25(20-23)41(6,7)8)17-18-30-34(31)32-28(33-35(42)37(44)39(46)38(45)36(33)43)15-12-16-29(32)47(30)26-13-10-9-11-14-26/h9-22H,1-8H3. The summed E-state index contributed by atoms with van der Waals surface area (Å²) in [5.41, 5.74) is 12.3. The average molecular weight is 599 g/mol. The summed E-state index contributed by atoms with van der Waals surface area (Å²) in [5, 5.41) is 2.19. The lowest BCUT2D eigenvalue weighted by molar-refractivity contribution is 0.569. The number of fused-ring (bicyclic) bond motifs is 3. The van der Waals surface area contributed by atoms with E-state index < -0.39 is 0 Å². The molecule has 5 aromatic carbocycles. The van der Waals surface area contributed by atoms with Crippen molar-refractivity contribution in [3.63, 3.8) is 0 Å². The van der Waals surface area contributed by atoms with Gasteiger partial charge >= 0.3 is 0 Å². The summed E-state index contributed by atoms with van der Waals surface area (Å²) in [5.74, 6) is 0.184. The fourth-order valence-electron chi connectivity index (χ4n) is 6.88. The number of hydrogen-bond donors (Lipinski definition) is 0. The zero-order valence-electron chi connectivity index (χ0n) is 28.9. The van der Waals surface area contributed by atoms with Gasteiger partial charge in [0.05, 0.1) is 11.0 Å². The highest BCUT2D eigenvalue weighted by molar-refractivity contribution is 6.69. The fraction of sp³-hybridized carbons (Fsp3) is 0.268. The molecule has 6 aromatic rings. The Bertz CT molecular complexity index is 2120. The molecule has 0 spiro atoms. The largest absolute Gasteiger partial charge is 0.309 e. The van der Waals surface area contributed by atoms with Crippen molar-refractivity contribution in [2.75, 3.05) is 0 Å². The molecule has 0 fully saturated rings. The van der Waals surface area contributed by atoms with Crippen LogP contribution in [-0.4, -0.2) is 43.8 Å². The molecule has 222 valence electrons. The fourth-order valence-corrected chi connectivity index (χ4v) is 6.88. The lowest BCUT2D eigenvalue weighted by Crippen LogP contribution is -2.55. The molecule has 0 bridgehead atoms. The zero-order valence-corrected chi connectivity index (χ0v) is 28.9. The molecular weight excluding hydrogens is 561 g/mol. The molecule has 1 nitrogen and oxygen atoms in total. The molecule has 10 radical (unpaired) electrons. The molecule has 0 aliphatic rings. The predicted molar refractivity (Wildman–Crippen MR) is 210 cm³/mol.